The average Bonchev–Trinajstić information content (AvgIpc) is 2.78. The SMILES string of the molecule is CC(C)CCNc1nccc(C(=O)NC2CCS(=O)(=O)C2)n1. The van der Waals surface area contributed by atoms with Crippen LogP contribution in [0.25, 0.3) is 0 Å². The quantitative estimate of drug-likeness (QED) is 0.804. The number of nitrogens with one attached hydrogen (secondary N) is 2. The largest absolute Gasteiger partial charge is 0.354 e. The Bertz CT molecular complexity index is 631. The van der Waals surface area contributed by atoms with Crippen LogP contribution in [0, 0.1) is 5.92 Å². The summed E-state index contributed by atoms with van der Waals surface area (Å²) in [5.74, 6) is 0.750. The third-order valence-corrected chi connectivity index (χ3v) is 5.23. The van der Waals surface area contributed by atoms with Crippen LogP contribution in [0.4, 0.5) is 5.95 Å². The van der Waals surface area contributed by atoms with Crippen molar-refractivity contribution < 1.29 is 13.2 Å². The zero-order chi connectivity index (χ0) is 16.2. The van der Waals surface area contributed by atoms with Crippen LogP contribution in [0.2, 0.25) is 0 Å². The van der Waals surface area contributed by atoms with Gasteiger partial charge in [0.05, 0.1) is 11.5 Å². The molecule has 22 heavy (non-hydrogen) atoms. The summed E-state index contributed by atoms with van der Waals surface area (Å²) in [7, 11) is -3.01. The van der Waals surface area contributed by atoms with Gasteiger partial charge in [0.15, 0.2) is 9.84 Å². The van der Waals surface area contributed by atoms with E-state index in [1.165, 1.54) is 12.3 Å². The Hall–Kier alpha value is -1.70. The lowest BCUT2D eigenvalue weighted by Gasteiger charge is -2.11. The molecule has 1 atom stereocenters. The molecule has 1 amide bonds. The van der Waals surface area contributed by atoms with Crippen LogP contribution < -0.4 is 10.6 Å². The van der Waals surface area contributed by atoms with E-state index in [0.29, 0.717) is 18.3 Å². The number of carbonyl (C=O) groups is 1. The summed E-state index contributed by atoms with van der Waals surface area (Å²) in [6.07, 6.45) is 2.96. The van der Waals surface area contributed by atoms with E-state index in [1.807, 2.05) is 0 Å². The first-order valence-electron chi connectivity index (χ1n) is 7.44. The monoisotopic (exact) mass is 326 g/mol. The highest BCUT2D eigenvalue weighted by molar-refractivity contribution is 7.91. The second-order valence-corrected chi connectivity index (χ2v) is 8.18. The molecule has 2 N–H and O–H groups in total. The lowest BCUT2D eigenvalue weighted by molar-refractivity contribution is 0.0936. The molecular formula is C14H22N4O3S. The maximum absolute atomic E-state index is 12.1. The number of sulfone groups is 1. The highest BCUT2D eigenvalue weighted by atomic mass is 32.2. The van der Waals surface area contributed by atoms with Crippen LogP contribution in [-0.4, -0.2) is 48.4 Å². The third-order valence-electron chi connectivity index (χ3n) is 3.46. The predicted octanol–water partition coefficient (Wildman–Crippen LogP) is 0.851. The van der Waals surface area contributed by atoms with Crippen molar-refractivity contribution in [3.8, 4) is 0 Å². The fraction of sp³-hybridized carbons (Fsp3) is 0.643. The highest BCUT2D eigenvalue weighted by Crippen LogP contribution is 2.12. The lowest BCUT2D eigenvalue weighted by Crippen LogP contribution is -2.36. The molecule has 2 rings (SSSR count). The number of hydrogen-bond acceptors (Lipinski definition) is 6. The summed E-state index contributed by atoms with van der Waals surface area (Å²) in [5, 5.41) is 5.80. The van der Waals surface area contributed by atoms with Gasteiger partial charge in [0.25, 0.3) is 5.91 Å². The maximum atomic E-state index is 12.1. The van der Waals surface area contributed by atoms with Crippen molar-refractivity contribution in [2.45, 2.75) is 32.7 Å². The minimum Gasteiger partial charge on any atom is -0.354 e. The third kappa shape index (κ3) is 4.94. The molecule has 1 fully saturated rings. The van der Waals surface area contributed by atoms with Crippen molar-refractivity contribution in [2.24, 2.45) is 5.92 Å². The number of rotatable bonds is 6. The molecule has 0 saturated carbocycles. The summed E-state index contributed by atoms with van der Waals surface area (Å²) >= 11 is 0. The van der Waals surface area contributed by atoms with E-state index in [4.69, 9.17) is 0 Å². The Morgan fingerprint density at radius 1 is 1.45 bits per heavy atom. The summed E-state index contributed by atoms with van der Waals surface area (Å²) in [5.41, 5.74) is 0.242. The van der Waals surface area contributed by atoms with E-state index < -0.39 is 9.84 Å². The molecule has 1 aromatic heterocycles. The van der Waals surface area contributed by atoms with E-state index in [1.54, 1.807) is 0 Å². The summed E-state index contributed by atoms with van der Waals surface area (Å²) in [4.78, 5) is 20.4. The molecule has 1 saturated heterocycles. The molecule has 1 aromatic rings. The number of carbonyl (C=O) groups excluding carboxylic acids is 1. The number of aromatic nitrogens is 2. The van der Waals surface area contributed by atoms with Crippen LogP contribution in [0.5, 0.6) is 0 Å². The van der Waals surface area contributed by atoms with Gasteiger partial charge in [-0.3, -0.25) is 4.79 Å². The molecule has 8 heteroatoms. The minimum absolute atomic E-state index is 0.00329. The molecule has 2 heterocycles. The second kappa shape index (κ2) is 7.04. The van der Waals surface area contributed by atoms with Crippen LogP contribution >= 0.6 is 0 Å². The molecule has 0 radical (unpaired) electrons. The van der Waals surface area contributed by atoms with Crippen molar-refractivity contribution in [1.82, 2.24) is 15.3 Å². The molecule has 0 aromatic carbocycles. The van der Waals surface area contributed by atoms with Crippen LogP contribution in [0.15, 0.2) is 12.3 Å². The zero-order valence-corrected chi connectivity index (χ0v) is 13.7. The Morgan fingerprint density at radius 2 is 2.23 bits per heavy atom. The Morgan fingerprint density at radius 3 is 2.86 bits per heavy atom. The molecule has 1 unspecified atom stereocenters. The lowest BCUT2D eigenvalue weighted by atomic mass is 10.1. The Kier molecular flexibility index (Phi) is 5.33. The van der Waals surface area contributed by atoms with Gasteiger partial charge in [-0.1, -0.05) is 13.8 Å². The van der Waals surface area contributed by atoms with Gasteiger partial charge in [0.1, 0.15) is 5.69 Å². The number of anilines is 1. The van der Waals surface area contributed by atoms with Crippen molar-refractivity contribution >= 4 is 21.7 Å². The molecule has 1 aliphatic rings. The fourth-order valence-electron chi connectivity index (χ4n) is 2.21. The van der Waals surface area contributed by atoms with Crippen LogP contribution in [0.1, 0.15) is 37.2 Å². The molecule has 0 bridgehead atoms. The van der Waals surface area contributed by atoms with Gasteiger partial charge in [-0.2, -0.15) is 0 Å². The predicted molar refractivity (Wildman–Crippen MR) is 84.5 cm³/mol. The van der Waals surface area contributed by atoms with Gasteiger partial charge in [-0.25, -0.2) is 18.4 Å². The maximum Gasteiger partial charge on any atom is 0.270 e. The standard InChI is InChI=1S/C14H22N4O3S/c1-10(2)3-6-15-14-16-7-4-12(18-14)13(19)17-11-5-8-22(20,21)9-11/h4,7,10-11H,3,5-6,8-9H2,1-2H3,(H,17,19)(H,15,16,18). The Balaban J connectivity index is 1.92. The first-order chi connectivity index (χ1) is 10.4. The normalized spacial score (nSPS) is 20.0. The van der Waals surface area contributed by atoms with Crippen LogP contribution in [-0.2, 0) is 9.84 Å². The minimum atomic E-state index is -3.01. The van der Waals surface area contributed by atoms with E-state index in [2.05, 4.69) is 34.4 Å². The smallest absolute Gasteiger partial charge is 0.270 e. The Labute approximate surface area is 130 Å². The molecule has 7 nitrogen and oxygen atoms in total. The van der Waals surface area contributed by atoms with Gasteiger partial charge in [-0.15, -0.1) is 0 Å². The molecular weight excluding hydrogens is 304 g/mol. The van der Waals surface area contributed by atoms with Crippen molar-refractivity contribution in [3.05, 3.63) is 18.0 Å². The molecule has 122 valence electrons. The van der Waals surface area contributed by atoms with E-state index in [9.17, 15) is 13.2 Å². The fourth-order valence-corrected chi connectivity index (χ4v) is 3.88. The van der Waals surface area contributed by atoms with E-state index in [0.717, 1.165) is 13.0 Å². The number of nitrogens with zero attached hydrogens (tertiary/aromatic N) is 2. The summed E-state index contributed by atoms with van der Waals surface area (Å²) in [6.45, 7) is 4.99. The summed E-state index contributed by atoms with van der Waals surface area (Å²) < 4.78 is 22.8. The van der Waals surface area contributed by atoms with Gasteiger partial charge in [0, 0.05) is 18.8 Å². The molecule has 0 aliphatic carbocycles. The highest BCUT2D eigenvalue weighted by Gasteiger charge is 2.29. The van der Waals surface area contributed by atoms with E-state index >= 15 is 0 Å². The van der Waals surface area contributed by atoms with Gasteiger partial charge >= 0.3 is 0 Å². The van der Waals surface area contributed by atoms with Gasteiger partial charge < -0.3 is 10.6 Å². The topological polar surface area (TPSA) is 101 Å². The van der Waals surface area contributed by atoms with Crippen molar-refractivity contribution in [2.75, 3.05) is 23.4 Å². The van der Waals surface area contributed by atoms with Gasteiger partial charge in [0.2, 0.25) is 5.95 Å². The second-order valence-electron chi connectivity index (χ2n) is 5.95. The van der Waals surface area contributed by atoms with E-state index in [-0.39, 0.29) is 29.1 Å². The van der Waals surface area contributed by atoms with Crippen LogP contribution in [0.3, 0.4) is 0 Å². The number of amides is 1. The summed E-state index contributed by atoms with van der Waals surface area (Å²) in [6, 6.07) is 1.19. The molecule has 0 spiro atoms. The van der Waals surface area contributed by atoms with Gasteiger partial charge in [-0.05, 0) is 24.8 Å². The average molecular weight is 326 g/mol. The number of hydrogen-bond donors (Lipinski definition) is 2. The zero-order valence-electron chi connectivity index (χ0n) is 12.9. The van der Waals surface area contributed by atoms with Crippen molar-refractivity contribution in [1.29, 1.82) is 0 Å². The van der Waals surface area contributed by atoms with Crippen molar-refractivity contribution in [3.63, 3.8) is 0 Å². The first-order valence-corrected chi connectivity index (χ1v) is 9.26. The molecule has 1 aliphatic heterocycles. The first kappa shape index (κ1) is 16.7.